The normalized spacial score (nSPS) is 18.3. The third-order valence-corrected chi connectivity index (χ3v) is 4.18. The van der Waals surface area contributed by atoms with Crippen molar-refractivity contribution < 1.29 is 19.1 Å². The summed E-state index contributed by atoms with van der Waals surface area (Å²) in [5.74, 6) is 0.366. The number of anilines is 1. The Morgan fingerprint density at radius 3 is 2.82 bits per heavy atom. The number of carbonyl (C=O) groups excluding carboxylic acids is 2. The van der Waals surface area contributed by atoms with E-state index in [4.69, 9.17) is 9.47 Å². The summed E-state index contributed by atoms with van der Waals surface area (Å²) < 4.78 is 10.9. The van der Waals surface area contributed by atoms with Crippen molar-refractivity contribution in [2.75, 3.05) is 11.9 Å². The molecule has 0 radical (unpaired) electrons. The molecule has 118 valence electrons. The highest BCUT2D eigenvalue weighted by atomic mass is 16.6. The maximum atomic E-state index is 11.8. The van der Waals surface area contributed by atoms with Crippen molar-refractivity contribution in [3.63, 3.8) is 0 Å². The molecular formula is C17H21NO4. The van der Waals surface area contributed by atoms with E-state index in [1.807, 2.05) is 12.1 Å². The van der Waals surface area contributed by atoms with Crippen molar-refractivity contribution in [2.45, 2.75) is 51.0 Å². The fraction of sp³-hybridized carbons (Fsp3) is 0.529. The number of benzene rings is 1. The van der Waals surface area contributed by atoms with Gasteiger partial charge >= 0.3 is 5.97 Å². The van der Waals surface area contributed by atoms with Gasteiger partial charge in [0.1, 0.15) is 11.9 Å². The van der Waals surface area contributed by atoms with E-state index < -0.39 is 0 Å². The molecule has 1 aliphatic heterocycles. The van der Waals surface area contributed by atoms with Crippen LogP contribution in [-0.4, -0.2) is 24.6 Å². The zero-order valence-electron chi connectivity index (χ0n) is 12.6. The molecule has 1 aromatic carbocycles. The Bertz CT molecular complexity index is 564. The van der Waals surface area contributed by atoms with E-state index in [2.05, 4.69) is 5.32 Å². The van der Waals surface area contributed by atoms with Crippen LogP contribution in [0.3, 0.4) is 0 Å². The smallest absolute Gasteiger partial charge is 0.344 e. The van der Waals surface area contributed by atoms with E-state index in [-0.39, 0.29) is 24.6 Å². The molecule has 1 aromatic rings. The molecule has 2 aliphatic rings. The van der Waals surface area contributed by atoms with Gasteiger partial charge in [0.15, 0.2) is 6.61 Å². The minimum Gasteiger partial charge on any atom is -0.482 e. The zero-order valence-corrected chi connectivity index (χ0v) is 12.6. The summed E-state index contributed by atoms with van der Waals surface area (Å²) in [6.07, 6.45) is 6.67. The molecule has 3 rings (SSSR count). The van der Waals surface area contributed by atoms with Gasteiger partial charge in [0.25, 0.3) is 0 Å². The lowest BCUT2D eigenvalue weighted by Crippen LogP contribution is -2.24. The van der Waals surface area contributed by atoms with Crippen molar-refractivity contribution in [1.29, 1.82) is 0 Å². The highest BCUT2D eigenvalue weighted by molar-refractivity contribution is 5.94. The number of fused-ring (bicyclic) bond motifs is 1. The highest BCUT2D eigenvalue weighted by Gasteiger charge is 2.18. The van der Waals surface area contributed by atoms with Crippen LogP contribution < -0.4 is 10.1 Å². The second-order valence-electron chi connectivity index (χ2n) is 5.91. The number of hydrogen-bond donors (Lipinski definition) is 1. The van der Waals surface area contributed by atoms with E-state index >= 15 is 0 Å². The summed E-state index contributed by atoms with van der Waals surface area (Å²) >= 11 is 0. The Hall–Kier alpha value is -2.04. The quantitative estimate of drug-likeness (QED) is 0.869. The Morgan fingerprint density at radius 2 is 2.00 bits per heavy atom. The van der Waals surface area contributed by atoms with Crippen molar-refractivity contribution in [1.82, 2.24) is 0 Å². The Balaban J connectivity index is 1.50. The van der Waals surface area contributed by atoms with Gasteiger partial charge in [0.05, 0.1) is 0 Å². The second kappa shape index (κ2) is 6.81. The van der Waals surface area contributed by atoms with Crippen molar-refractivity contribution >= 4 is 17.6 Å². The largest absolute Gasteiger partial charge is 0.482 e. The first-order chi connectivity index (χ1) is 10.7. The van der Waals surface area contributed by atoms with Gasteiger partial charge in [-0.25, -0.2) is 4.79 Å². The van der Waals surface area contributed by atoms with Crippen LogP contribution in [0.25, 0.3) is 0 Å². The molecule has 1 aliphatic carbocycles. The number of ether oxygens (including phenoxy) is 2. The van der Waals surface area contributed by atoms with E-state index in [1.165, 1.54) is 6.42 Å². The van der Waals surface area contributed by atoms with E-state index in [9.17, 15) is 9.59 Å². The van der Waals surface area contributed by atoms with Gasteiger partial charge in [0.2, 0.25) is 5.91 Å². The molecule has 0 atom stereocenters. The molecule has 0 aromatic heterocycles. The number of aryl methyl sites for hydroxylation is 1. The van der Waals surface area contributed by atoms with Crippen LogP contribution in [0, 0.1) is 0 Å². The van der Waals surface area contributed by atoms with Crippen LogP contribution >= 0.6 is 0 Å². The average molecular weight is 303 g/mol. The summed E-state index contributed by atoms with van der Waals surface area (Å²) in [5, 5.41) is 2.82. The molecule has 1 heterocycles. The molecule has 0 unspecified atom stereocenters. The fourth-order valence-electron chi connectivity index (χ4n) is 2.99. The molecule has 1 fully saturated rings. The molecule has 5 nitrogen and oxygen atoms in total. The predicted molar refractivity (Wildman–Crippen MR) is 81.9 cm³/mol. The minimum atomic E-state index is -0.307. The van der Waals surface area contributed by atoms with Gasteiger partial charge in [-0.1, -0.05) is 6.42 Å². The Labute approximate surface area is 130 Å². The van der Waals surface area contributed by atoms with E-state index in [0.29, 0.717) is 18.6 Å². The summed E-state index contributed by atoms with van der Waals surface area (Å²) in [5.41, 5.74) is 1.87. The van der Waals surface area contributed by atoms with Crippen LogP contribution in [-0.2, 0) is 20.7 Å². The molecule has 1 amide bonds. The molecule has 0 bridgehead atoms. The average Bonchev–Trinajstić information content (AvgIpc) is 2.54. The maximum Gasteiger partial charge on any atom is 0.344 e. The second-order valence-corrected chi connectivity index (χ2v) is 5.91. The summed E-state index contributed by atoms with van der Waals surface area (Å²) in [7, 11) is 0. The lowest BCUT2D eigenvalue weighted by atomic mass is 9.98. The Morgan fingerprint density at radius 1 is 1.18 bits per heavy atom. The number of carbonyl (C=O) groups is 2. The SMILES string of the molecule is O=C1CCc2cc(OCC(=O)OC3CCCCC3)ccc2N1. The van der Waals surface area contributed by atoms with Gasteiger partial charge in [-0.3, -0.25) is 4.79 Å². The number of rotatable bonds is 4. The van der Waals surface area contributed by atoms with E-state index in [1.54, 1.807) is 6.07 Å². The van der Waals surface area contributed by atoms with Gasteiger partial charge in [0, 0.05) is 12.1 Å². The molecule has 0 saturated heterocycles. The van der Waals surface area contributed by atoms with Crippen LogP contribution in [0.1, 0.15) is 44.1 Å². The minimum absolute atomic E-state index is 0.0391. The lowest BCUT2D eigenvalue weighted by Gasteiger charge is -2.22. The van der Waals surface area contributed by atoms with Gasteiger partial charge in [-0.05, 0) is 55.9 Å². The molecule has 5 heteroatoms. The summed E-state index contributed by atoms with van der Waals surface area (Å²) in [6, 6.07) is 5.45. The van der Waals surface area contributed by atoms with Crippen LogP contribution in [0.4, 0.5) is 5.69 Å². The van der Waals surface area contributed by atoms with E-state index in [0.717, 1.165) is 36.9 Å². The fourth-order valence-corrected chi connectivity index (χ4v) is 2.99. The third kappa shape index (κ3) is 3.78. The predicted octanol–water partition coefficient (Wildman–Crippen LogP) is 2.83. The third-order valence-electron chi connectivity index (χ3n) is 4.18. The molecular weight excluding hydrogens is 282 g/mol. The topological polar surface area (TPSA) is 64.6 Å². The van der Waals surface area contributed by atoms with Crippen LogP contribution in [0.5, 0.6) is 5.75 Å². The summed E-state index contributed by atoms with van der Waals surface area (Å²) in [4.78, 5) is 23.1. The number of hydrogen-bond acceptors (Lipinski definition) is 4. The number of nitrogens with one attached hydrogen (secondary N) is 1. The lowest BCUT2D eigenvalue weighted by molar-refractivity contribution is -0.152. The Kier molecular flexibility index (Phi) is 4.61. The zero-order chi connectivity index (χ0) is 15.4. The summed E-state index contributed by atoms with van der Waals surface area (Å²) in [6.45, 7) is -0.0678. The highest BCUT2D eigenvalue weighted by Crippen LogP contribution is 2.27. The first-order valence-electron chi connectivity index (χ1n) is 7.96. The maximum absolute atomic E-state index is 11.8. The van der Waals surface area contributed by atoms with Crippen molar-refractivity contribution in [3.8, 4) is 5.75 Å². The monoisotopic (exact) mass is 303 g/mol. The first kappa shape index (κ1) is 14.9. The molecule has 0 spiro atoms. The van der Waals surface area contributed by atoms with Gasteiger partial charge < -0.3 is 14.8 Å². The van der Waals surface area contributed by atoms with Crippen LogP contribution in [0.15, 0.2) is 18.2 Å². The molecule has 1 N–H and O–H groups in total. The number of esters is 1. The number of amides is 1. The van der Waals surface area contributed by atoms with Crippen molar-refractivity contribution in [2.24, 2.45) is 0 Å². The van der Waals surface area contributed by atoms with Gasteiger partial charge in [-0.15, -0.1) is 0 Å². The first-order valence-corrected chi connectivity index (χ1v) is 7.96. The van der Waals surface area contributed by atoms with Crippen molar-refractivity contribution in [3.05, 3.63) is 23.8 Å². The molecule has 22 heavy (non-hydrogen) atoms. The standard InChI is InChI=1S/C17H21NO4/c19-16-9-6-12-10-14(7-8-15(12)18-16)21-11-17(20)22-13-4-2-1-3-5-13/h7-8,10,13H,1-6,9,11H2,(H,18,19). The molecule has 1 saturated carbocycles. The van der Waals surface area contributed by atoms with Crippen LogP contribution in [0.2, 0.25) is 0 Å². The van der Waals surface area contributed by atoms with Gasteiger partial charge in [-0.2, -0.15) is 0 Å².